The van der Waals surface area contributed by atoms with Gasteiger partial charge in [-0.2, -0.15) is 4.98 Å². The Bertz CT molecular complexity index is 519. The minimum atomic E-state index is -0.365. The van der Waals surface area contributed by atoms with Crippen molar-refractivity contribution in [2.45, 2.75) is 6.92 Å². The molecule has 1 heterocycles. The normalized spacial score (nSPS) is 10.2. The van der Waals surface area contributed by atoms with Crippen molar-refractivity contribution < 1.29 is 9.13 Å². The maximum Gasteiger partial charge on any atom is 0.239 e. The Labute approximate surface area is 96.9 Å². The molecule has 0 bridgehead atoms. The van der Waals surface area contributed by atoms with Gasteiger partial charge >= 0.3 is 0 Å². The first-order valence-corrected chi connectivity index (χ1v) is 4.94. The lowest BCUT2D eigenvalue weighted by Gasteiger charge is -2.07. The van der Waals surface area contributed by atoms with Crippen LogP contribution in [0.1, 0.15) is 5.56 Å². The molecule has 0 aliphatic heterocycles. The molecule has 1 aromatic heterocycles. The average Bonchev–Trinajstić information content (AvgIpc) is 2.24. The van der Waals surface area contributed by atoms with Crippen LogP contribution in [0.15, 0.2) is 30.6 Å². The minimum absolute atomic E-state index is 0.228. The number of hydrogen-bond acceptors (Lipinski definition) is 3. The number of ether oxygens (including phenoxy) is 1. The quantitative estimate of drug-likeness (QED) is 0.805. The number of aryl methyl sites for hydroxylation is 1. The Hall–Kier alpha value is -1.68. The number of aromatic nitrogens is 2. The zero-order chi connectivity index (χ0) is 11.5. The van der Waals surface area contributed by atoms with E-state index in [1.165, 1.54) is 24.5 Å². The molecule has 0 spiro atoms. The third-order valence-corrected chi connectivity index (χ3v) is 2.13. The number of benzene rings is 1. The van der Waals surface area contributed by atoms with Crippen LogP contribution in [-0.2, 0) is 0 Å². The SMILES string of the molecule is Cc1ccc(F)cc1Oc1cncc(Cl)n1. The molecule has 82 valence electrons. The van der Waals surface area contributed by atoms with Gasteiger partial charge in [-0.3, -0.25) is 4.98 Å². The number of halogens is 2. The summed E-state index contributed by atoms with van der Waals surface area (Å²) in [5.74, 6) is 0.272. The monoisotopic (exact) mass is 238 g/mol. The van der Waals surface area contributed by atoms with Gasteiger partial charge in [0.25, 0.3) is 0 Å². The zero-order valence-corrected chi connectivity index (χ0v) is 9.20. The molecule has 2 aromatic rings. The van der Waals surface area contributed by atoms with Crippen LogP contribution in [0.5, 0.6) is 11.6 Å². The Morgan fingerprint density at radius 2 is 2.12 bits per heavy atom. The van der Waals surface area contributed by atoms with E-state index in [-0.39, 0.29) is 16.9 Å². The standard InChI is InChI=1S/C11H8ClFN2O/c1-7-2-3-8(13)4-9(7)16-11-6-14-5-10(12)15-11/h2-6H,1H3. The van der Waals surface area contributed by atoms with Gasteiger partial charge in [0.05, 0.1) is 12.4 Å². The van der Waals surface area contributed by atoms with Crippen molar-refractivity contribution in [3.63, 3.8) is 0 Å². The molecule has 0 unspecified atom stereocenters. The smallest absolute Gasteiger partial charge is 0.239 e. The summed E-state index contributed by atoms with van der Waals surface area (Å²) in [4.78, 5) is 7.72. The Morgan fingerprint density at radius 3 is 2.88 bits per heavy atom. The van der Waals surface area contributed by atoms with E-state index in [1.54, 1.807) is 6.07 Å². The van der Waals surface area contributed by atoms with Crippen molar-refractivity contribution in [3.8, 4) is 11.6 Å². The van der Waals surface area contributed by atoms with Crippen molar-refractivity contribution in [2.75, 3.05) is 0 Å². The van der Waals surface area contributed by atoms with E-state index in [0.29, 0.717) is 5.75 Å². The topological polar surface area (TPSA) is 35.0 Å². The minimum Gasteiger partial charge on any atom is -0.437 e. The molecule has 0 N–H and O–H groups in total. The van der Waals surface area contributed by atoms with Crippen LogP contribution in [0.3, 0.4) is 0 Å². The average molecular weight is 239 g/mol. The van der Waals surface area contributed by atoms with Gasteiger partial charge < -0.3 is 4.74 Å². The van der Waals surface area contributed by atoms with Gasteiger partial charge in [-0.1, -0.05) is 17.7 Å². The summed E-state index contributed by atoms with van der Waals surface area (Å²) >= 11 is 5.65. The molecule has 16 heavy (non-hydrogen) atoms. The van der Waals surface area contributed by atoms with E-state index in [9.17, 15) is 4.39 Å². The molecule has 0 aliphatic rings. The first kappa shape index (κ1) is 10.8. The molecule has 0 radical (unpaired) electrons. The van der Waals surface area contributed by atoms with Crippen LogP contribution in [-0.4, -0.2) is 9.97 Å². The number of hydrogen-bond donors (Lipinski definition) is 0. The molecular weight excluding hydrogens is 231 g/mol. The Balaban J connectivity index is 2.30. The molecule has 5 heteroatoms. The highest BCUT2D eigenvalue weighted by Gasteiger charge is 2.04. The summed E-state index contributed by atoms with van der Waals surface area (Å²) in [7, 11) is 0. The Morgan fingerprint density at radius 1 is 1.31 bits per heavy atom. The summed E-state index contributed by atoms with van der Waals surface area (Å²) in [5.41, 5.74) is 0.808. The zero-order valence-electron chi connectivity index (χ0n) is 8.45. The van der Waals surface area contributed by atoms with Gasteiger partial charge in [-0.15, -0.1) is 0 Å². The molecule has 0 aliphatic carbocycles. The maximum atomic E-state index is 13.0. The van der Waals surface area contributed by atoms with E-state index >= 15 is 0 Å². The predicted octanol–water partition coefficient (Wildman–Crippen LogP) is 3.37. The van der Waals surface area contributed by atoms with Crippen LogP contribution in [0, 0.1) is 12.7 Å². The van der Waals surface area contributed by atoms with Crippen molar-refractivity contribution in [1.82, 2.24) is 9.97 Å². The summed E-state index contributed by atoms with van der Waals surface area (Å²) in [6, 6.07) is 4.28. The van der Waals surface area contributed by atoms with Crippen molar-refractivity contribution in [2.24, 2.45) is 0 Å². The lowest BCUT2D eigenvalue weighted by molar-refractivity contribution is 0.452. The highest BCUT2D eigenvalue weighted by Crippen LogP contribution is 2.24. The lowest BCUT2D eigenvalue weighted by Crippen LogP contribution is -1.92. The van der Waals surface area contributed by atoms with Crippen molar-refractivity contribution in [3.05, 3.63) is 47.1 Å². The second-order valence-electron chi connectivity index (χ2n) is 3.19. The van der Waals surface area contributed by atoms with Gasteiger partial charge in [0.15, 0.2) is 5.15 Å². The van der Waals surface area contributed by atoms with Crippen LogP contribution in [0.25, 0.3) is 0 Å². The second-order valence-corrected chi connectivity index (χ2v) is 3.58. The fraction of sp³-hybridized carbons (Fsp3) is 0.0909. The number of rotatable bonds is 2. The van der Waals surface area contributed by atoms with E-state index in [4.69, 9.17) is 16.3 Å². The summed E-state index contributed by atoms with van der Waals surface area (Å²) in [6.07, 6.45) is 2.81. The van der Waals surface area contributed by atoms with Gasteiger partial charge in [-0.05, 0) is 18.6 Å². The summed E-state index contributed by atoms with van der Waals surface area (Å²) in [5, 5.41) is 0.228. The molecule has 2 rings (SSSR count). The van der Waals surface area contributed by atoms with Crippen LogP contribution >= 0.6 is 11.6 Å². The van der Waals surface area contributed by atoms with E-state index in [0.717, 1.165) is 5.56 Å². The molecule has 0 saturated carbocycles. The second kappa shape index (κ2) is 4.45. The largest absolute Gasteiger partial charge is 0.437 e. The third-order valence-electron chi connectivity index (χ3n) is 1.95. The Kier molecular flexibility index (Phi) is 3.01. The third kappa shape index (κ3) is 2.46. The first-order valence-electron chi connectivity index (χ1n) is 4.57. The molecular formula is C11H8ClFN2O. The number of nitrogens with zero attached hydrogens (tertiary/aromatic N) is 2. The van der Waals surface area contributed by atoms with E-state index < -0.39 is 0 Å². The van der Waals surface area contributed by atoms with Crippen LogP contribution in [0.4, 0.5) is 4.39 Å². The molecule has 0 atom stereocenters. The molecule has 0 amide bonds. The predicted molar refractivity (Wildman–Crippen MR) is 58.3 cm³/mol. The molecule has 0 fully saturated rings. The van der Waals surface area contributed by atoms with E-state index in [2.05, 4.69) is 9.97 Å². The van der Waals surface area contributed by atoms with Gasteiger partial charge in [0, 0.05) is 6.07 Å². The molecule has 3 nitrogen and oxygen atoms in total. The van der Waals surface area contributed by atoms with Gasteiger partial charge in [0.1, 0.15) is 11.6 Å². The first-order chi connectivity index (χ1) is 7.65. The molecule has 1 aromatic carbocycles. The molecule has 0 saturated heterocycles. The van der Waals surface area contributed by atoms with E-state index in [1.807, 2.05) is 6.92 Å². The van der Waals surface area contributed by atoms with Gasteiger partial charge in [-0.25, -0.2) is 4.39 Å². The summed E-state index contributed by atoms with van der Waals surface area (Å²) in [6.45, 7) is 1.81. The summed E-state index contributed by atoms with van der Waals surface area (Å²) < 4.78 is 18.4. The highest BCUT2D eigenvalue weighted by molar-refractivity contribution is 6.29. The van der Waals surface area contributed by atoms with Gasteiger partial charge in [0.2, 0.25) is 5.88 Å². The van der Waals surface area contributed by atoms with Crippen molar-refractivity contribution >= 4 is 11.6 Å². The van der Waals surface area contributed by atoms with Crippen molar-refractivity contribution in [1.29, 1.82) is 0 Å². The fourth-order valence-corrected chi connectivity index (χ4v) is 1.31. The highest BCUT2D eigenvalue weighted by atomic mass is 35.5. The van der Waals surface area contributed by atoms with Crippen LogP contribution in [0.2, 0.25) is 5.15 Å². The fourth-order valence-electron chi connectivity index (χ4n) is 1.17. The van der Waals surface area contributed by atoms with Crippen LogP contribution < -0.4 is 4.74 Å². The lowest BCUT2D eigenvalue weighted by atomic mass is 10.2. The maximum absolute atomic E-state index is 13.0.